The molecular formula is C20H31N3O2. The van der Waals surface area contributed by atoms with Crippen molar-refractivity contribution in [1.29, 1.82) is 0 Å². The predicted octanol–water partition coefficient (Wildman–Crippen LogP) is 2.71. The monoisotopic (exact) mass is 345 g/mol. The van der Waals surface area contributed by atoms with Gasteiger partial charge in [-0.15, -0.1) is 0 Å². The number of hydrogen-bond donors (Lipinski definition) is 0. The van der Waals surface area contributed by atoms with Gasteiger partial charge in [-0.05, 0) is 57.7 Å². The largest absolute Gasteiger partial charge is 0.385 e. The minimum Gasteiger partial charge on any atom is -0.385 e. The lowest BCUT2D eigenvalue weighted by atomic mass is 10.0. The molecule has 25 heavy (non-hydrogen) atoms. The van der Waals surface area contributed by atoms with Gasteiger partial charge in [0.25, 0.3) is 0 Å². The Morgan fingerprint density at radius 2 is 2.20 bits per heavy atom. The first-order valence-corrected chi connectivity index (χ1v) is 9.53. The minimum atomic E-state index is -0.101. The number of rotatable bonds is 7. The molecule has 0 unspecified atom stereocenters. The Hall–Kier alpha value is -1.46. The molecule has 2 heterocycles. The summed E-state index contributed by atoms with van der Waals surface area (Å²) in [6, 6.07) is 6.60. The van der Waals surface area contributed by atoms with Crippen molar-refractivity contribution in [3.8, 4) is 0 Å². The highest BCUT2D eigenvalue weighted by Gasteiger charge is 2.51. The van der Waals surface area contributed by atoms with Gasteiger partial charge in [0.15, 0.2) is 0 Å². The first-order chi connectivity index (χ1) is 12.1. The number of methoxy groups -OCH3 is 1. The minimum absolute atomic E-state index is 0.101. The summed E-state index contributed by atoms with van der Waals surface area (Å²) in [4.78, 5) is 21.9. The molecule has 5 heteroatoms. The molecular weight excluding hydrogens is 314 g/mol. The van der Waals surface area contributed by atoms with Crippen LogP contribution in [-0.4, -0.2) is 60.6 Å². The second-order valence-electron chi connectivity index (χ2n) is 7.64. The van der Waals surface area contributed by atoms with Gasteiger partial charge in [-0.2, -0.15) is 0 Å². The second-order valence-corrected chi connectivity index (χ2v) is 7.64. The number of carbonyl (C=O) groups excluding carboxylic acids is 1. The third kappa shape index (κ3) is 4.59. The van der Waals surface area contributed by atoms with E-state index in [2.05, 4.69) is 27.9 Å². The average molecular weight is 345 g/mol. The Morgan fingerprint density at radius 3 is 2.88 bits per heavy atom. The lowest BCUT2D eigenvalue weighted by molar-refractivity contribution is -0.137. The summed E-state index contributed by atoms with van der Waals surface area (Å²) < 4.78 is 5.20. The van der Waals surface area contributed by atoms with Gasteiger partial charge in [-0.25, -0.2) is 0 Å². The van der Waals surface area contributed by atoms with Gasteiger partial charge < -0.3 is 9.64 Å². The number of carbonyl (C=O) groups is 1. The van der Waals surface area contributed by atoms with Crippen LogP contribution in [-0.2, 0) is 16.1 Å². The molecule has 1 saturated heterocycles. The van der Waals surface area contributed by atoms with Crippen molar-refractivity contribution in [1.82, 2.24) is 14.8 Å². The Balaban J connectivity index is 1.52. The molecule has 1 atom stereocenters. The smallest absolute Gasteiger partial charge is 0.228 e. The van der Waals surface area contributed by atoms with Crippen molar-refractivity contribution in [2.75, 3.05) is 33.9 Å². The van der Waals surface area contributed by atoms with Crippen LogP contribution < -0.4 is 0 Å². The van der Waals surface area contributed by atoms with E-state index in [0.717, 1.165) is 63.9 Å². The fourth-order valence-electron chi connectivity index (χ4n) is 3.95. The molecule has 0 bridgehead atoms. The average Bonchev–Trinajstić information content (AvgIpc) is 3.44. The standard InChI is InChI=1S/C20H31N3O2/c1-22(16-17-6-3-4-12-21-17)18-7-5-13-23(14-8-18)19(24)20(9-10-20)11-15-25-2/h3-4,6,12,18H,5,7-11,13-16H2,1-2H3/t18-/m0/s1. The van der Waals surface area contributed by atoms with Crippen molar-refractivity contribution in [2.45, 2.75) is 51.1 Å². The number of pyridine rings is 1. The van der Waals surface area contributed by atoms with Crippen LogP contribution in [0.3, 0.4) is 0 Å². The Kier molecular flexibility index (Phi) is 6.07. The van der Waals surface area contributed by atoms with Gasteiger partial charge in [-0.1, -0.05) is 6.07 Å². The van der Waals surface area contributed by atoms with Gasteiger partial charge in [0.1, 0.15) is 0 Å². The molecule has 1 aliphatic carbocycles. The molecule has 5 nitrogen and oxygen atoms in total. The maximum Gasteiger partial charge on any atom is 0.228 e. The number of hydrogen-bond acceptors (Lipinski definition) is 4. The molecule has 1 aliphatic heterocycles. The number of aromatic nitrogens is 1. The third-order valence-electron chi connectivity index (χ3n) is 5.84. The first-order valence-electron chi connectivity index (χ1n) is 9.53. The molecule has 1 amide bonds. The molecule has 0 N–H and O–H groups in total. The highest BCUT2D eigenvalue weighted by Crippen LogP contribution is 2.50. The van der Waals surface area contributed by atoms with Crippen molar-refractivity contribution in [3.05, 3.63) is 30.1 Å². The molecule has 2 aliphatic rings. The number of ether oxygens (including phenoxy) is 1. The van der Waals surface area contributed by atoms with E-state index in [1.807, 2.05) is 18.3 Å². The predicted molar refractivity (Wildman–Crippen MR) is 98.1 cm³/mol. The van der Waals surface area contributed by atoms with Crippen molar-refractivity contribution in [2.24, 2.45) is 5.41 Å². The Labute approximate surface area is 151 Å². The fourth-order valence-corrected chi connectivity index (χ4v) is 3.95. The van der Waals surface area contributed by atoms with E-state index in [9.17, 15) is 4.79 Å². The van der Waals surface area contributed by atoms with E-state index in [1.54, 1.807) is 7.11 Å². The molecule has 1 aromatic rings. The zero-order chi connectivity index (χ0) is 17.7. The lowest BCUT2D eigenvalue weighted by Crippen LogP contribution is -2.39. The van der Waals surface area contributed by atoms with Crippen LogP contribution in [0.4, 0.5) is 0 Å². The number of likely N-dealkylation sites (tertiary alicyclic amines) is 1. The summed E-state index contributed by atoms with van der Waals surface area (Å²) in [6.45, 7) is 3.35. The van der Waals surface area contributed by atoms with Crippen LogP contribution in [0.5, 0.6) is 0 Å². The summed E-state index contributed by atoms with van der Waals surface area (Å²) in [5.41, 5.74) is 1.01. The third-order valence-corrected chi connectivity index (χ3v) is 5.84. The van der Waals surface area contributed by atoms with Crippen molar-refractivity contribution >= 4 is 5.91 Å². The normalized spacial score (nSPS) is 22.7. The molecule has 2 fully saturated rings. The van der Waals surface area contributed by atoms with Gasteiger partial charge in [0.05, 0.1) is 11.1 Å². The highest BCUT2D eigenvalue weighted by atomic mass is 16.5. The molecule has 3 rings (SSSR count). The highest BCUT2D eigenvalue weighted by molar-refractivity contribution is 5.85. The Morgan fingerprint density at radius 1 is 1.36 bits per heavy atom. The molecule has 0 aromatic carbocycles. The molecule has 0 radical (unpaired) electrons. The summed E-state index contributed by atoms with van der Waals surface area (Å²) in [7, 11) is 3.90. The maximum absolute atomic E-state index is 13.0. The van der Waals surface area contributed by atoms with Crippen LogP contribution in [0.15, 0.2) is 24.4 Å². The number of nitrogens with zero attached hydrogens (tertiary/aromatic N) is 3. The van der Waals surface area contributed by atoms with E-state index in [0.29, 0.717) is 18.6 Å². The van der Waals surface area contributed by atoms with Crippen molar-refractivity contribution in [3.63, 3.8) is 0 Å². The number of amides is 1. The van der Waals surface area contributed by atoms with Gasteiger partial charge in [0.2, 0.25) is 5.91 Å². The van der Waals surface area contributed by atoms with Crippen LogP contribution in [0.1, 0.15) is 44.2 Å². The van der Waals surface area contributed by atoms with E-state index in [1.165, 1.54) is 0 Å². The van der Waals surface area contributed by atoms with Gasteiger partial charge >= 0.3 is 0 Å². The van der Waals surface area contributed by atoms with Crippen LogP contribution in [0.2, 0.25) is 0 Å². The first kappa shape index (κ1) is 18.3. The molecule has 1 saturated carbocycles. The summed E-state index contributed by atoms with van der Waals surface area (Å²) in [5.74, 6) is 0.373. The van der Waals surface area contributed by atoms with Crippen LogP contribution in [0.25, 0.3) is 0 Å². The lowest BCUT2D eigenvalue weighted by Gasteiger charge is -2.28. The van der Waals surface area contributed by atoms with E-state index in [4.69, 9.17) is 4.74 Å². The molecule has 0 spiro atoms. The molecule has 138 valence electrons. The van der Waals surface area contributed by atoms with E-state index >= 15 is 0 Å². The fraction of sp³-hybridized carbons (Fsp3) is 0.700. The van der Waals surface area contributed by atoms with E-state index < -0.39 is 0 Å². The zero-order valence-electron chi connectivity index (χ0n) is 15.6. The van der Waals surface area contributed by atoms with Gasteiger partial charge in [0, 0.05) is 45.6 Å². The van der Waals surface area contributed by atoms with Crippen molar-refractivity contribution < 1.29 is 9.53 Å². The van der Waals surface area contributed by atoms with E-state index in [-0.39, 0.29) is 5.41 Å². The Bertz CT molecular complexity index is 559. The summed E-state index contributed by atoms with van der Waals surface area (Å²) in [5, 5.41) is 0. The second kappa shape index (κ2) is 8.28. The topological polar surface area (TPSA) is 45.7 Å². The van der Waals surface area contributed by atoms with Gasteiger partial charge in [-0.3, -0.25) is 14.7 Å². The summed E-state index contributed by atoms with van der Waals surface area (Å²) >= 11 is 0. The maximum atomic E-state index is 13.0. The zero-order valence-corrected chi connectivity index (χ0v) is 15.6. The SMILES string of the molecule is COCCC1(C(=O)N2CCC[C@H](N(C)Cc3ccccn3)CC2)CC1. The summed E-state index contributed by atoms with van der Waals surface area (Å²) in [6.07, 6.45) is 8.09. The molecule has 1 aromatic heterocycles. The van der Waals surface area contributed by atoms with Crippen LogP contribution >= 0.6 is 0 Å². The van der Waals surface area contributed by atoms with Crippen LogP contribution in [0, 0.1) is 5.41 Å². The quantitative estimate of drug-likeness (QED) is 0.762.